The molecule has 0 atom stereocenters. The Morgan fingerprint density at radius 2 is 1.83 bits per heavy atom. The van der Waals surface area contributed by atoms with Crippen LogP contribution in [-0.2, 0) is 6.54 Å². The monoisotopic (exact) mass is 318 g/mol. The summed E-state index contributed by atoms with van der Waals surface area (Å²) in [6, 6.07) is 19.1. The van der Waals surface area contributed by atoms with Gasteiger partial charge in [-0.15, -0.1) is 0 Å². The molecular formula is C20H18N2O2. The third-order valence-corrected chi connectivity index (χ3v) is 3.50. The molecule has 0 aliphatic rings. The average molecular weight is 318 g/mol. The van der Waals surface area contributed by atoms with Gasteiger partial charge in [0.2, 0.25) is 0 Å². The molecule has 0 radical (unpaired) electrons. The van der Waals surface area contributed by atoms with Gasteiger partial charge in [0.05, 0.1) is 5.56 Å². The number of hydrogen-bond acceptors (Lipinski definition) is 3. The summed E-state index contributed by atoms with van der Waals surface area (Å²) in [5.41, 5.74) is 2.66. The topological polar surface area (TPSA) is 51.2 Å². The molecule has 0 fully saturated rings. The van der Waals surface area contributed by atoms with Crippen LogP contribution in [0, 0.1) is 6.92 Å². The average Bonchev–Trinajstić information content (AvgIpc) is 2.61. The van der Waals surface area contributed by atoms with Gasteiger partial charge in [-0.25, -0.2) is 0 Å². The van der Waals surface area contributed by atoms with Crippen LogP contribution in [0.3, 0.4) is 0 Å². The van der Waals surface area contributed by atoms with Gasteiger partial charge in [-0.05, 0) is 54.4 Å². The Morgan fingerprint density at radius 1 is 1.04 bits per heavy atom. The van der Waals surface area contributed by atoms with Crippen LogP contribution in [0.25, 0.3) is 0 Å². The van der Waals surface area contributed by atoms with E-state index in [0.29, 0.717) is 12.1 Å². The molecule has 2 aromatic carbocycles. The summed E-state index contributed by atoms with van der Waals surface area (Å²) in [7, 11) is 0. The maximum Gasteiger partial charge on any atom is 0.253 e. The third kappa shape index (κ3) is 4.20. The summed E-state index contributed by atoms with van der Waals surface area (Å²) in [5.74, 6) is 1.40. The second-order valence-corrected chi connectivity index (χ2v) is 5.49. The highest BCUT2D eigenvalue weighted by atomic mass is 16.5. The van der Waals surface area contributed by atoms with Gasteiger partial charge < -0.3 is 10.1 Å². The molecule has 0 unspecified atom stereocenters. The normalized spacial score (nSPS) is 10.2. The first-order valence-electron chi connectivity index (χ1n) is 7.72. The van der Waals surface area contributed by atoms with Crippen LogP contribution in [0.4, 0.5) is 0 Å². The molecule has 3 rings (SSSR count). The Balaban J connectivity index is 1.64. The lowest BCUT2D eigenvalue weighted by atomic mass is 10.2. The molecule has 1 amide bonds. The van der Waals surface area contributed by atoms with Crippen molar-refractivity contribution in [2.75, 3.05) is 0 Å². The number of nitrogens with one attached hydrogen (secondary N) is 1. The third-order valence-electron chi connectivity index (χ3n) is 3.50. The van der Waals surface area contributed by atoms with E-state index in [1.807, 2.05) is 55.5 Å². The summed E-state index contributed by atoms with van der Waals surface area (Å²) in [6.07, 6.45) is 3.19. The van der Waals surface area contributed by atoms with Gasteiger partial charge in [0, 0.05) is 18.9 Å². The van der Waals surface area contributed by atoms with Gasteiger partial charge in [-0.2, -0.15) is 0 Å². The van der Waals surface area contributed by atoms with Crippen molar-refractivity contribution in [3.05, 3.63) is 89.7 Å². The van der Waals surface area contributed by atoms with Crippen molar-refractivity contribution in [3.8, 4) is 11.5 Å². The number of carbonyl (C=O) groups excluding carboxylic acids is 1. The first kappa shape index (κ1) is 15.7. The summed E-state index contributed by atoms with van der Waals surface area (Å²) in [5, 5.41) is 2.88. The fourth-order valence-electron chi connectivity index (χ4n) is 2.32. The molecule has 1 N–H and O–H groups in total. The predicted octanol–water partition coefficient (Wildman–Crippen LogP) is 4.11. The van der Waals surface area contributed by atoms with Crippen molar-refractivity contribution < 1.29 is 9.53 Å². The van der Waals surface area contributed by atoms with Gasteiger partial charge >= 0.3 is 0 Å². The Hall–Kier alpha value is -3.14. The molecule has 0 aliphatic heterocycles. The lowest BCUT2D eigenvalue weighted by Gasteiger charge is -2.09. The highest BCUT2D eigenvalue weighted by Crippen LogP contribution is 2.23. The van der Waals surface area contributed by atoms with Crippen LogP contribution >= 0.6 is 0 Å². The SMILES string of the molecule is Cc1cccc(Oc2cccc(CNC(=O)c3cccnc3)c2)c1. The van der Waals surface area contributed by atoms with Gasteiger partial charge in [0.15, 0.2) is 0 Å². The number of amides is 1. The summed E-state index contributed by atoms with van der Waals surface area (Å²) >= 11 is 0. The zero-order chi connectivity index (χ0) is 16.8. The minimum absolute atomic E-state index is 0.145. The molecule has 1 heterocycles. The Kier molecular flexibility index (Phi) is 4.87. The van der Waals surface area contributed by atoms with E-state index >= 15 is 0 Å². The Labute approximate surface area is 141 Å². The number of ether oxygens (including phenoxy) is 1. The van der Waals surface area contributed by atoms with Crippen LogP contribution < -0.4 is 10.1 Å². The summed E-state index contributed by atoms with van der Waals surface area (Å²) < 4.78 is 5.87. The smallest absolute Gasteiger partial charge is 0.253 e. The van der Waals surface area contributed by atoms with Crippen LogP contribution in [0.15, 0.2) is 73.1 Å². The quantitative estimate of drug-likeness (QED) is 0.770. The largest absolute Gasteiger partial charge is 0.457 e. The minimum atomic E-state index is -0.145. The first-order chi connectivity index (χ1) is 11.7. The number of hydrogen-bond donors (Lipinski definition) is 1. The van der Waals surface area contributed by atoms with Gasteiger partial charge in [0.25, 0.3) is 5.91 Å². The van der Waals surface area contributed by atoms with Crippen molar-refractivity contribution >= 4 is 5.91 Å². The number of aryl methyl sites for hydroxylation is 1. The van der Waals surface area contributed by atoms with Crippen molar-refractivity contribution in [3.63, 3.8) is 0 Å². The molecule has 4 nitrogen and oxygen atoms in total. The van der Waals surface area contributed by atoms with E-state index in [1.165, 1.54) is 0 Å². The standard InChI is InChI=1S/C20H18N2O2/c1-15-5-2-8-18(11-15)24-19-9-3-6-16(12-19)13-22-20(23)17-7-4-10-21-14-17/h2-12,14H,13H2,1H3,(H,22,23). The molecular weight excluding hydrogens is 300 g/mol. The van der Waals surface area contributed by atoms with E-state index < -0.39 is 0 Å². The highest BCUT2D eigenvalue weighted by molar-refractivity contribution is 5.93. The second-order valence-electron chi connectivity index (χ2n) is 5.49. The molecule has 0 spiro atoms. The molecule has 120 valence electrons. The molecule has 0 bridgehead atoms. The van der Waals surface area contributed by atoms with Crippen molar-refractivity contribution in [1.82, 2.24) is 10.3 Å². The van der Waals surface area contributed by atoms with Crippen molar-refractivity contribution in [2.24, 2.45) is 0 Å². The Morgan fingerprint density at radius 3 is 2.58 bits per heavy atom. The lowest BCUT2D eigenvalue weighted by molar-refractivity contribution is 0.0950. The summed E-state index contributed by atoms with van der Waals surface area (Å²) in [4.78, 5) is 16.0. The van der Waals surface area contributed by atoms with E-state index in [2.05, 4.69) is 10.3 Å². The van der Waals surface area contributed by atoms with Crippen LogP contribution in [0.1, 0.15) is 21.5 Å². The predicted molar refractivity (Wildman–Crippen MR) is 93.1 cm³/mol. The molecule has 0 saturated carbocycles. The first-order valence-corrected chi connectivity index (χ1v) is 7.72. The van der Waals surface area contributed by atoms with Gasteiger partial charge in [0.1, 0.15) is 11.5 Å². The summed E-state index contributed by atoms with van der Waals surface area (Å²) in [6.45, 7) is 2.45. The van der Waals surface area contributed by atoms with E-state index in [0.717, 1.165) is 22.6 Å². The van der Waals surface area contributed by atoms with Crippen LogP contribution in [-0.4, -0.2) is 10.9 Å². The molecule has 24 heavy (non-hydrogen) atoms. The maximum absolute atomic E-state index is 12.0. The number of nitrogens with zero attached hydrogens (tertiary/aromatic N) is 1. The van der Waals surface area contributed by atoms with E-state index in [1.54, 1.807) is 24.5 Å². The van der Waals surface area contributed by atoms with E-state index in [9.17, 15) is 4.79 Å². The zero-order valence-corrected chi connectivity index (χ0v) is 13.4. The fourth-order valence-corrected chi connectivity index (χ4v) is 2.32. The van der Waals surface area contributed by atoms with Gasteiger partial charge in [-0.1, -0.05) is 24.3 Å². The molecule has 0 saturated heterocycles. The van der Waals surface area contributed by atoms with Crippen molar-refractivity contribution in [1.29, 1.82) is 0 Å². The molecule has 1 aromatic heterocycles. The zero-order valence-electron chi connectivity index (χ0n) is 13.4. The van der Waals surface area contributed by atoms with Gasteiger partial charge in [-0.3, -0.25) is 9.78 Å². The lowest BCUT2D eigenvalue weighted by Crippen LogP contribution is -2.22. The number of rotatable bonds is 5. The number of aromatic nitrogens is 1. The molecule has 0 aliphatic carbocycles. The van der Waals surface area contributed by atoms with Crippen LogP contribution in [0.2, 0.25) is 0 Å². The Bertz CT molecular complexity index is 832. The fraction of sp³-hybridized carbons (Fsp3) is 0.100. The molecule has 3 aromatic rings. The van der Waals surface area contributed by atoms with Crippen molar-refractivity contribution in [2.45, 2.75) is 13.5 Å². The minimum Gasteiger partial charge on any atom is -0.457 e. The number of carbonyl (C=O) groups is 1. The second kappa shape index (κ2) is 7.42. The molecule has 4 heteroatoms. The maximum atomic E-state index is 12.0. The number of benzene rings is 2. The van der Waals surface area contributed by atoms with Crippen LogP contribution in [0.5, 0.6) is 11.5 Å². The number of pyridine rings is 1. The highest BCUT2D eigenvalue weighted by Gasteiger charge is 2.05. The van der Waals surface area contributed by atoms with E-state index in [-0.39, 0.29) is 5.91 Å². The van der Waals surface area contributed by atoms with E-state index in [4.69, 9.17) is 4.74 Å².